The molecule has 35 heavy (non-hydrogen) atoms. The molecule has 0 saturated heterocycles. The van der Waals surface area contributed by atoms with E-state index in [1.165, 1.54) is 6.20 Å². The molecule has 0 atom stereocenters. The number of carbonyl (C=O) groups is 1. The number of pyridine rings is 1. The Bertz CT molecular complexity index is 1440. The van der Waals surface area contributed by atoms with Crippen molar-refractivity contribution in [3.8, 4) is 5.88 Å². The molecule has 2 aromatic carbocycles. The lowest BCUT2D eigenvalue weighted by molar-refractivity contribution is 0.103. The summed E-state index contributed by atoms with van der Waals surface area (Å²) in [7, 11) is 5.67. The molecule has 2 aromatic heterocycles. The average molecular weight is 469 g/mol. The van der Waals surface area contributed by atoms with Crippen LogP contribution in [0.1, 0.15) is 32.9 Å². The van der Waals surface area contributed by atoms with E-state index in [9.17, 15) is 9.59 Å². The first-order valence-corrected chi connectivity index (χ1v) is 11.4. The van der Waals surface area contributed by atoms with Gasteiger partial charge in [-0.3, -0.25) is 14.2 Å². The van der Waals surface area contributed by atoms with Gasteiger partial charge in [0.25, 0.3) is 5.56 Å². The second kappa shape index (κ2) is 10.4. The first-order valence-electron chi connectivity index (χ1n) is 11.4. The van der Waals surface area contributed by atoms with Gasteiger partial charge >= 0.3 is 0 Å². The minimum Gasteiger partial charge on any atom is -0.476 e. The molecule has 4 aromatic rings. The molecule has 0 aliphatic heterocycles. The van der Waals surface area contributed by atoms with Gasteiger partial charge in [0, 0.05) is 37.0 Å². The lowest BCUT2D eigenvalue weighted by atomic mass is 10.0. The molecule has 178 valence electrons. The molecular weight excluding hydrogens is 440 g/mol. The highest BCUT2D eigenvalue weighted by molar-refractivity contribution is 6.08. The number of ether oxygens (including phenoxy) is 1. The van der Waals surface area contributed by atoms with E-state index in [0.29, 0.717) is 40.3 Å². The van der Waals surface area contributed by atoms with Gasteiger partial charge in [0.05, 0.1) is 10.9 Å². The summed E-state index contributed by atoms with van der Waals surface area (Å²) in [4.78, 5) is 36.5. The summed E-state index contributed by atoms with van der Waals surface area (Å²) >= 11 is 0. The molecule has 7 heteroatoms. The number of benzene rings is 2. The number of aryl methyl sites for hydroxylation is 1. The van der Waals surface area contributed by atoms with Gasteiger partial charge in [-0.2, -0.15) is 0 Å². The van der Waals surface area contributed by atoms with Crippen LogP contribution in [0.15, 0.2) is 65.6 Å². The summed E-state index contributed by atoms with van der Waals surface area (Å²) in [6.45, 7) is 3.23. The Hall–Kier alpha value is -4.10. The quantitative estimate of drug-likeness (QED) is 0.364. The van der Waals surface area contributed by atoms with Crippen molar-refractivity contribution in [2.75, 3.05) is 27.2 Å². The minimum atomic E-state index is -0.109. The van der Waals surface area contributed by atoms with E-state index in [1.807, 2.05) is 62.3 Å². The molecule has 7 nitrogen and oxygen atoms in total. The van der Waals surface area contributed by atoms with E-state index in [0.717, 1.165) is 17.7 Å². The molecule has 0 spiro atoms. The number of aromatic nitrogens is 3. The van der Waals surface area contributed by atoms with Crippen LogP contribution in [-0.2, 0) is 7.05 Å². The van der Waals surface area contributed by atoms with Crippen LogP contribution in [0.25, 0.3) is 23.1 Å². The summed E-state index contributed by atoms with van der Waals surface area (Å²) in [6.07, 6.45) is 5.22. The molecule has 0 N–H and O–H groups in total. The highest BCUT2D eigenvalue weighted by Crippen LogP contribution is 2.16. The van der Waals surface area contributed by atoms with Crippen LogP contribution < -0.4 is 10.3 Å². The largest absolute Gasteiger partial charge is 0.476 e. The molecule has 0 radical (unpaired) electrons. The van der Waals surface area contributed by atoms with Crippen molar-refractivity contribution in [3.05, 3.63) is 99.2 Å². The Kier molecular flexibility index (Phi) is 7.17. The fraction of sp³-hybridized carbons (Fsp3) is 0.214. The van der Waals surface area contributed by atoms with E-state index < -0.39 is 0 Å². The highest BCUT2D eigenvalue weighted by Gasteiger charge is 2.11. The zero-order valence-electron chi connectivity index (χ0n) is 20.4. The van der Waals surface area contributed by atoms with E-state index in [-0.39, 0.29) is 11.3 Å². The van der Waals surface area contributed by atoms with Crippen molar-refractivity contribution in [2.24, 2.45) is 7.05 Å². The Balaban J connectivity index is 1.47. The maximum atomic E-state index is 12.8. The van der Waals surface area contributed by atoms with Crippen molar-refractivity contribution >= 4 is 28.8 Å². The van der Waals surface area contributed by atoms with E-state index in [2.05, 4.69) is 9.97 Å². The molecule has 0 aliphatic rings. The molecule has 0 fully saturated rings. The van der Waals surface area contributed by atoms with Crippen molar-refractivity contribution in [1.29, 1.82) is 0 Å². The monoisotopic (exact) mass is 468 g/mol. The van der Waals surface area contributed by atoms with Crippen molar-refractivity contribution in [1.82, 2.24) is 19.4 Å². The fourth-order valence-electron chi connectivity index (χ4n) is 3.66. The summed E-state index contributed by atoms with van der Waals surface area (Å²) in [5.41, 5.74) is 3.47. The lowest BCUT2D eigenvalue weighted by Gasteiger charge is -2.10. The van der Waals surface area contributed by atoms with Gasteiger partial charge in [-0.1, -0.05) is 42.5 Å². The Morgan fingerprint density at radius 2 is 1.77 bits per heavy atom. The molecule has 0 saturated carbocycles. The van der Waals surface area contributed by atoms with Crippen LogP contribution in [0.3, 0.4) is 0 Å². The summed E-state index contributed by atoms with van der Waals surface area (Å²) in [5.74, 6) is 0.949. The number of likely N-dealkylation sites (N-methyl/N-ethyl adjacent to an activating group) is 1. The Morgan fingerprint density at radius 3 is 2.46 bits per heavy atom. The normalized spacial score (nSPS) is 11.5. The zero-order chi connectivity index (χ0) is 24.9. The second-order valence-corrected chi connectivity index (χ2v) is 8.62. The van der Waals surface area contributed by atoms with E-state index >= 15 is 0 Å². The van der Waals surface area contributed by atoms with Gasteiger partial charge in [0.1, 0.15) is 12.4 Å². The van der Waals surface area contributed by atoms with Crippen LogP contribution in [0.2, 0.25) is 0 Å². The molecule has 0 bridgehead atoms. The number of carbonyl (C=O) groups excluding carboxylic acids is 1. The number of nitrogens with zero attached hydrogens (tertiary/aromatic N) is 4. The predicted molar refractivity (Wildman–Crippen MR) is 139 cm³/mol. The van der Waals surface area contributed by atoms with Gasteiger partial charge in [-0.15, -0.1) is 0 Å². The lowest BCUT2D eigenvalue weighted by Crippen LogP contribution is -2.21. The maximum Gasteiger partial charge on any atom is 0.261 e. The highest BCUT2D eigenvalue weighted by atomic mass is 16.5. The third kappa shape index (κ3) is 5.53. The van der Waals surface area contributed by atoms with Crippen LogP contribution >= 0.6 is 0 Å². The molecule has 0 aliphatic carbocycles. The van der Waals surface area contributed by atoms with E-state index in [4.69, 9.17) is 4.74 Å². The van der Waals surface area contributed by atoms with Crippen molar-refractivity contribution in [2.45, 2.75) is 6.92 Å². The average Bonchev–Trinajstić information content (AvgIpc) is 2.85. The second-order valence-electron chi connectivity index (χ2n) is 8.62. The predicted octanol–water partition coefficient (Wildman–Crippen LogP) is 3.98. The van der Waals surface area contributed by atoms with Crippen LogP contribution in [-0.4, -0.2) is 52.5 Å². The molecule has 0 unspecified atom stereocenters. The standard InChI is InChI=1S/C28H28N4O3/c1-19-6-5-7-23-26(19)28(34)32(4)24(30-23)14-10-20-8-11-21(12-9-20)27(33)22-13-15-25(29-18-22)35-17-16-31(2)3/h5-15,18H,16-17H2,1-4H3. The van der Waals surface area contributed by atoms with Gasteiger partial charge < -0.3 is 9.64 Å². The van der Waals surface area contributed by atoms with Crippen LogP contribution in [0.4, 0.5) is 0 Å². The molecule has 0 amide bonds. The number of rotatable bonds is 8. The first-order chi connectivity index (χ1) is 16.8. The third-order valence-corrected chi connectivity index (χ3v) is 5.73. The van der Waals surface area contributed by atoms with Gasteiger partial charge in [0.2, 0.25) is 5.88 Å². The van der Waals surface area contributed by atoms with Crippen LogP contribution in [0, 0.1) is 6.92 Å². The molecule has 2 heterocycles. The molecule has 4 rings (SSSR count). The van der Waals surface area contributed by atoms with E-state index in [1.54, 1.807) is 42.0 Å². The summed E-state index contributed by atoms with van der Waals surface area (Å²) in [5, 5.41) is 0.637. The minimum absolute atomic E-state index is 0.0728. The van der Waals surface area contributed by atoms with Gasteiger partial charge in [0.15, 0.2) is 5.78 Å². The molecular formula is C28H28N4O3. The number of ketones is 1. The Morgan fingerprint density at radius 1 is 1.03 bits per heavy atom. The number of fused-ring (bicyclic) bond motifs is 1. The zero-order valence-corrected chi connectivity index (χ0v) is 20.4. The first kappa shape index (κ1) is 24.0. The number of hydrogen-bond donors (Lipinski definition) is 0. The number of hydrogen-bond acceptors (Lipinski definition) is 6. The van der Waals surface area contributed by atoms with Gasteiger partial charge in [-0.05, 0) is 50.4 Å². The third-order valence-electron chi connectivity index (χ3n) is 5.73. The SMILES string of the molecule is Cc1cccc2nc(C=Cc3ccc(C(=O)c4ccc(OCCN(C)C)nc4)cc3)n(C)c(=O)c12. The maximum absolute atomic E-state index is 12.8. The topological polar surface area (TPSA) is 77.3 Å². The summed E-state index contributed by atoms with van der Waals surface area (Å²) < 4.78 is 7.13. The van der Waals surface area contributed by atoms with Gasteiger partial charge in [-0.25, -0.2) is 9.97 Å². The van der Waals surface area contributed by atoms with Crippen LogP contribution in [0.5, 0.6) is 5.88 Å². The van der Waals surface area contributed by atoms with Crippen molar-refractivity contribution < 1.29 is 9.53 Å². The van der Waals surface area contributed by atoms with Crippen molar-refractivity contribution in [3.63, 3.8) is 0 Å². The summed E-state index contributed by atoms with van der Waals surface area (Å²) in [6, 6.07) is 16.4. The Labute approximate surface area is 204 Å². The fourth-order valence-corrected chi connectivity index (χ4v) is 3.66. The smallest absolute Gasteiger partial charge is 0.261 e.